The van der Waals surface area contributed by atoms with Crippen molar-refractivity contribution in [2.45, 2.75) is 44.4 Å². The van der Waals surface area contributed by atoms with Crippen LogP contribution in [0.1, 0.15) is 60.5 Å². The lowest BCUT2D eigenvalue weighted by Gasteiger charge is -2.13. The average molecular weight is 390 g/mol. The lowest BCUT2D eigenvalue weighted by atomic mass is 10.0. The topological polar surface area (TPSA) is 108 Å². The molecule has 0 spiro atoms. The third-order valence-electron chi connectivity index (χ3n) is 5.98. The number of H-pyrrole nitrogens is 1. The van der Waals surface area contributed by atoms with Crippen LogP contribution in [0, 0.1) is 5.92 Å². The van der Waals surface area contributed by atoms with Crippen molar-refractivity contribution in [3.05, 3.63) is 41.7 Å². The van der Waals surface area contributed by atoms with Crippen LogP contribution in [0.2, 0.25) is 0 Å². The van der Waals surface area contributed by atoms with Gasteiger partial charge in [-0.15, -0.1) is 0 Å². The van der Waals surface area contributed by atoms with Gasteiger partial charge < -0.3 is 10.4 Å². The van der Waals surface area contributed by atoms with Crippen molar-refractivity contribution >= 4 is 28.5 Å². The van der Waals surface area contributed by atoms with Crippen molar-refractivity contribution in [3.63, 3.8) is 0 Å². The molecule has 0 bridgehead atoms. The molecule has 0 radical (unpaired) electrons. The van der Waals surface area contributed by atoms with E-state index in [-0.39, 0.29) is 17.5 Å². The highest BCUT2D eigenvalue weighted by Gasteiger charge is 2.28. The first-order valence-corrected chi connectivity index (χ1v) is 10.1. The van der Waals surface area contributed by atoms with Crippen molar-refractivity contribution in [1.29, 1.82) is 0 Å². The van der Waals surface area contributed by atoms with Crippen molar-refractivity contribution in [1.82, 2.24) is 15.2 Å². The largest absolute Gasteiger partial charge is 0.477 e. The molecule has 2 heterocycles. The van der Waals surface area contributed by atoms with Crippen LogP contribution >= 0.6 is 0 Å². The number of carbonyl (C=O) groups is 2. The number of carboxylic acids is 1. The van der Waals surface area contributed by atoms with Crippen molar-refractivity contribution < 1.29 is 14.7 Å². The Labute approximate surface area is 167 Å². The number of aromatic carboxylic acids is 1. The van der Waals surface area contributed by atoms with Crippen LogP contribution in [-0.2, 0) is 4.79 Å². The van der Waals surface area contributed by atoms with Gasteiger partial charge in [0.05, 0.1) is 23.0 Å². The Bertz CT molecular complexity index is 1110. The fourth-order valence-electron chi connectivity index (χ4n) is 4.28. The highest BCUT2D eigenvalue weighted by atomic mass is 16.4. The van der Waals surface area contributed by atoms with Crippen LogP contribution in [0.3, 0.4) is 0 Å². The second kappa shape index (κ2) is 6.99. The highest BCUT2D eigenvalue weighted by Crippen LogP contribution is 2.44. The number of aromatic amines is 1. The molecule has 3 aromatic rings. The minimum Gasteiger partial charge on any atom is -0.477 e. The summed E-state index contributed by atoms with van der Waals surface area (Å²) in [6, 6.07) is 7.81. The Kier molecular flexibility index (Phi) is 4.30. The number of carbonyl (C=O) groups excluding carboxylic acids is 1. The first-order valence-electron chi connectivity index (χ1n) is 10.1. The normalized spacial score (nSPS) is 17.0. The number of carboxylic acid groups (broad SMARTS) is 1. The van der Waals surface area contributed by atoms with E-state index in [9.17, 15) is 14.7 Å². The molecule has 148 valence electrons. The molecule has 1 aromatic carbocycles. The number of hydrogen-bond donors (Lipinski definition) is 3. The number of anilines is 1. The summed E-state index contributed by atoms with van der Waals surface area (Å²) in [6.45, 7) is 0. The monoisotopic (exact) mass is 390 g/mol. The number of fused-ring (bicyclic) bond motifs is 1. The molecule has 2 aliphatic rings. The molecule has 0 aliphatic heterocycles. The van der Waals surface area contributed by atoms with Crippen LogP contribution in [0.4, 0.5) is 5.69 Å². The van der Waals surface area contributed by atoms with Gasteiger partial charge in [0.2, 0.25) is 5.91 Å². The summed E-state index contributed by atoms with van der Waals surface area (Å²) < 4.78 is 0. The first kappa shape index (κ1) is 17.8. The number of pyridine rings is 1. The number of rotatable bonds is 5. The molecule has 1 amide bonds. The van der Waals surface area contributed by atoms with E-state index >= 15 is 0 Å². The maximum atomic E-state index is 12.5. The summed E-state index contributed by atoms with van der Waals surface area (Å²) in [5, 5.41) is 19.9. The van der Waals surface area contributed by atoms with Gasteiger partial charge in [-0.3, -0.25) is 9.89 Å². The smallest absolute Gasteiger partial charge is 0.354 e. The number of nitrogens with one attached hydrogen (secondary N) is 2. The van der Waals surface area contributed by atoms with E-state index in [0.29, 0.717) is 17.2 Å². The fraction of sp³-hybridized carbons (Fsp3) is 0.364. The molecule has 7 nitrogen and oxygen atoms in total. The molecule has 5 rings (SSSR count). The Morgan fingerprint density at radius 2 is 1.90 bits per heavy atom. The maximum Gasteiger partial charge on any atom is 0.354 e. The zero-order valence-electron chi connectivity index (χ0n) is 15.9. The Morgan fingerprint density at radius 3 is 2.62 bits per heavy atom. The van der Waals surface area contributed by atoms with Crippen LogP contribution in [0.15, 0.2) is 30.5 Å². The van der Waals surface area contributed by atoms with E-state index in [0.717, 1.165) is 55.1 Å². The zero-order valence-corrected chi connectivity index (χ0v) is 15.9. The van der Waals surface area contributed by atoms with Gasteiger partial charge in [-0.05, 0) is 55.4 Å². The van der Waals surface area contributed by atoms with E-state index in [2.05, 4.69) is 15.5 Å². The predicted molar refractivity (Wildman–Crippen MR) is 109 cm³/mol. The number of amides is 1. The standard InChI is InChI=1S/C22H22N4O3/c27-21(13-3-1-2-4-13)24-14-7-8-15-16(12-5-6-12)10-19(25-18(15)9-14)17-11-23-26-20(17)22(28)29/h7-13H,1-6H2,(H,23,26)(H,24,27)(H,28,29). The van der Waals surface area contributed by atoms with Crippen LogP contribution in [0.5, 0.6) is 0 Å². The Balaban J connectivity index is 1.56. The van der Waals surface area contributed by atoms with Crippen LogP contribution in [-0.4, -0.2) is 32.2 Å². The zero-order chi connectivity index (χ0) is 20.0. The van der Waals surface area contributed by atoms with Crippen molar-refractivity contribution in [2.75, 3.05) is 5.32 Å². The third-order valence-corrected chi connectivity index (χ3v) is 5.98. The van der Waals surface area contributed by atoms with Crippen LogP contribution in [0.25, 0.3) is 22.2 Å². The third kappa shape index (κ3) is 3.37. The van der Waals surface area contributed by atoms with Crippen LogP contribution < -0.4 is 5.32 Å². The predicted octanol–water partition coefficient (Wildman–Crippen LogP) is 4.33. The molecule has 2 aliphatic carbocycles. The molecule has 2 aromatic heterocycles. The van der Waals surface area contributed by atoms with Gasteiger partial charge in [-0.2, -0.15) is 5.10 Å². The van der Waals surface area contributed by atoms with E-state index in [1.807, 2.05) is 24.3 Å². The van der Waals surface area contributed by atoms with Crippen molar-refractivity contribution in [3.8, 4) is 11.3 Å². The number of aromatic nitrogens is 3. The van der Waals surface area contributed by atoms with Gasteiger partial charge in [0, 0.05) is 17.0 Å². The molecular weight excluding hydrogens is 368 g/mol. The second-order valence-electron chi connectivity index (χ2n) is 8.04. The van der Waals surface area contributed by atoms with E-state index in [4.69, 9.17) is 4.98 Å². The minimum atomic E-state index is -1.06. The number of benzene rings is 1. The summed E-state index contributed by atoms with van der Waals surface area (Å²) in [4.78, 5) is 28.7. The molecule has 2 saturated carbocycles. The Hall–Kier alpha value is -3.22. The SMILES string of the molecule is O=C(O)c1[nH]ncc1-c1cc(C2CC2)c2ccc(NC(=O)C3CCCC3)cc2n1. The lowest BCUT2D eigenvalue weighted by Crippen LogP contribution is -2.20. The van der Waals surface area contributed by atoms with Gasteiger partial charge in [0.15, 0.2) is 5.69 Å². The minimum absolute atomic E-state index is 0.0317. The molecule has 0 saturated heterocycles. The van der Waals surface area contributed by atoms with Gasteiger partial charge >= 0.3 is 5.97 Å². The van der Waals surface area contributed by atoms with Gasteiger partial charge in [0.25, 0.3) is 0 Å². The molecule has 2 fully saturated rings. The molecule has 0 atom stereocenters. The molecule has 7 heteroatoms. The number of hydrogen-bond acceptors (Lipinski definition) is 4. The Morgan fingerprint density at radius 1 is 1.10 bits per heavy atom. The van der Waals surface area contributed by atoms with E-state index in [1.54, 1.807) is 0 Å². The highest BCUT2D eigenvalue weighted by molar-refractivity contribution is 5.97. The summed E-state index contributed by atoms with van der Waals surface area (Å²) in [5.74, 6) is -0.428. The first-order chi connectivity index (χ1) is 14.1. The quantitative estimate of drug-likeness (QED) is 0.601. The van der Waals surface area contributed by atoms with Gasteiger partial charge in [0.1, 0.15) is 0 Å². The number of nitrogens with zero attached hydrogens (tertiary/aromatic N) is 2. The van der Waals surface area contributed by atoms with E-state index in [1.165, 1.54) is 11.8 Å². The van der Waals surface area contributed by atoms with Crippen molar-refractivity contribution in [2.24, 2.45) is 5.92 Å². The summed E-state index contributed by atoms with van der Waals surface area (Å²) >= 11 is 0. The molecule has 29 heavy (non-hydrogen) atoms. The second-order valence-corrected chi connectivity index (χ2v) is 8.04. The molecular formula is C22H22N4O3. The van der Waals surface area contributed by atoms with Gasteiger partial charge in [-0.1, -0.05) is 18.9 Å². The van der Waals surface area contributed by atoms with Gasteiger partial charge in [-0.25, -0.2) is 9.78 Å². The van der Waals surface area contributed by atoms with E-state index < -0.39 is 5.97 Å². The molecule has 0 unspecified atom stereocenters. The average Bonchev–Trinajstić information content (AvgIpc) is 3.19. The lowest BCUT2D eigenvalue weighted by molar-refractivity contribution is -0.119. The fourth-order valence-corrected chi connectivity index (χ4v) is 4.28. The maximum absolute atomic E-state index is 12.5. The summed E-state index contributed by atoms with van der Waals surface area (Å²) in [5.41, 5.74) is 3.75. The summed E-state index contributed by atoms with van der Waals surface area (Å²) in [6.07, 6.45) is 7.87. The summed E-state index contributed by atoms with van der Waals surface area (Å²) in [7, 11) is 0. The molecule has 3 N–H and O–H groups in total.